The summed E-state index contributed by atoms with van der Waals surface area (Å²) in [5, 5.41) is 5.99. The lowest BCUT2D eigenvalue weighted by Gasteiger charge is -2.11. The molecule has 0 bridgehead atoms. The predicted molar refractivity (Wildman–Crippen MR) is 106 cm³/mol. The molecule has 0 spiro atoms. The number of para-hydroxylation sites is 1. The molecule has 4 rings (SSSR count). The average Bonchev–Trinajstić information content (AvgIpc) is 3.09. The molecule has 0 saturated heterocycles. The van der Waals surface area contributed by atoms with Gasteiger partial charge in [-0.3, -0.25) is 5.32 Å². The number of carbonyl (C=O) groups is 1. The predicted octanol–water partition coefficient (Wildman–Crippen LogP) is 4.94. The second-order valence-electron chi connectivity index (χ2n) is 5.82. The number of urea groups is 1. The standard InChI is InChI=1S/C20H15FN4O2S/c21-14-6-3-7-15(11-14)27-18-13(5-4-10-22-18)12-23-19(26)25-20-24-16-8-1-2-9-17(16)28-20/h1-11H,12H2,(H2,23,24,25,26). The minimum Gasteiger partial charge on any atom is -0.439 e. The number of nitrogens with one attached hydrogen (secondary N) is 2. The molecule has 8 heteroatoms. The van der Waals surface area contributed by atoms with Crippen LogP contribution in [0.25, 0.3) is 10.2 Å². The molecule has 2 amide bonds. The third-order valence-corrected chi connectivity index (χ3v) is 4.77. The highest BCUT2D eigenvalue weighted by Gasteiger charge is 2.10. The van der Waals surface area contributed by atoms with E-state index in [1.807, 2.05) is 24.3 Å². The van der Waals surface area contributed by atoms with Gasteiger partial charge in [0.2, 0.25) is 5.88 Å². The fraction of sp³-hybridized carbons (Fsp3) is 0.0500. The van der Waals surface area contributed by atoms with Crippen LogP contribution < -0.4 is 15.4 Å². The molecule has 6 nitrogen and oxygen atoms in total. The van der Waals surface area contributed by atoms with Gasteiger partial charge >= 0.3 is 6.03 Å². The number of hydrogen-bond donors (Lipinski definition) is 2. The Morgan fingerprint density at radius 2 is 2.00 bits per heavy atom. The summed E-state index contributed by atoms with van der Waals surface area (Å²) in [7, 11) is 0. The molecular formula is C20H15FN4O2S. The molecule has 0 aliphatic rings. The van der Waals surface area contributed by atoms with Crippen molar-refractivity contribution in [2.75, 3.05) is 5.32 Å². The lowest BCUT2D eigenvalue weighted by Crippen LogP contribution is -2.28. The van der Waals surface area contributed by atoms with Crippen LogP contribution in [0.4, 0.5) is 14.3 Å². The molecule has 0 saturated carbocycles. The number of hydrogen-bond acceptors (Lipinski definition) is 5. The van der Waals surface area contributed by atoms with Gasteiger partial charge in [0.1, 0.15) is 11.6 Å². The Bertz CT molecular complexity index is 1100. The molecule has 4 aromatic rings. The zero-order chi connectivity index (χ0) is 19.3. The van der Waals surface area contributed by atoms with E-state index in [0.29, 0.717) is 22.3 Å². The number of anilines is 1. The lowest BCUT2D eigenvalue weighted by atomic mass is 10.2. The van der Waals surface area contributed by atoms with Gasteiger partial charge < -0.3 is 10.1 Å². The Kier molecular flexibility index (Phi) is 5.11. The van der Waals surface area contributed by atoms with Crippen LogP contribution in [0.15, 0.2) is 66.9 Å². The number of benzene rings is 2. The molecule has 0 aliphatic heterocycles. The molecule has 0 atom stereocenters. The Labute approximate surface area is 164 Å². The summed E-state index contributed by atoms with van der Waals surface area (Å²) in [6.45, 7) is 0.190. The Morgan fingerprint density at radius 3 is 2.86 bits per heavy atom. The normalized spacial score (nSPS) is 10.6. The van der Waals surface area contributed by atoms with Gasteiger partial charge in [-0.25, -0.2) is 19.2 Å². The molecule has 2 aromatic carbocycles. The summed E-state index contributed by atoms with van der Waals surface area (Å²) in [6, 6.07) is 16.6. The minimum absolute atomic E-state index is 0.190. The molecule has 0 unspecified atom stereocenters. The first kappa shape index (κ1) is 17.9. The lowest BCUT2D eigenvalue weighted by molar-refractivity contribution is 0.251. The minimum atomic E-state index is -0.400. The van der Waals surface area contributed by atoms with E-state index in [4.69, 9.17) is 4.74 Å². The Morgan fingerprint density at radius 1 is 1.11 bits per heavy atom. The molecule has 140 valence electrons. The topological polar surface area (TPSA) is 76.1 Å². The van der Waals surface area contributed by atoms with E-state index < -0.39 is 5.82 Å². The first-order valence-corrected chi connectivity index (χ1v) is 9.27. The van der Waals surface area contributed by atoms with Crippen molar-refractivity contribution in [1.29, 1.82) is 0 Å². The van der Waals surface area contributed by atoms with Crippen LogP contribution in [-0.4, -0.2) is 16.0 Å². The van der Waals surface area contributed by atoms with Crippen LogP contribution in [0.1, 0.15) is 5.56 Å². The third kappa shape index (κ3) is 4.24. The van der Waals surface area contributed by atoms with Crippen molar-refractivity contribution < 1.29 is 13.9 Å². The number of nitrogens with zero attached hydrogens (tertiary/aromatic N) is 2. The maximum atomic E-state index is 13.3. The van der Waals surface area contributed by atoms with Crippen molar-refractivity contribution in [2.24, 2.45) is 0 Å². The van der Waals surface area contributed by atoms with Gasteiger partial charge in [-0.1, -0.05) is 35.6 Å². The van der Waals surface area contributed by atoms with Gasteiger partial charge in [-0.05, 0) is 30.3 Å². The molecule has 28 heavy (non-hydrogen) atoms. The van der Waals surface area contributed by atoms with Gasteiger partial charge in [0, 0.05) is 24.4 Å². The fourth-order valence-corrected chi connectivity index (χ4v) is 3.40. The van der Waals surface area contributed by atoms with Crippen LogP contribution >= 0.6 is 11.3 Å². The number of rotatable bonds is 5. The van der Waals surface area contributed by atoms with Crippen molar-refractivity contribution in [3.05, 3.63) is 78.2 Å². The van der Waals surface area contributed by atoms with Gasteiger partial charge in [-0.2, -0.15) is 0 Å². The van der Waals surface area contributed by atoms with Gasteiger partial charge in [0.15, 0.2) is 5.13 Å². The quantitative estimate of drug-likeness (QED) is 0.502. The van der Waals surface area contributed by atoms with Crippen molar-refractivity contribution in [3.63, 3.8) is 0 Å². The van der Waals surface area contributed by atoms with Crippen LogP contribution in [0.3, 0.4) is 0 Å². The monoisotopic (exact) mass is 394 g/mol. The highest BCUT2D eigenvalue weighted by molar-refractivity contribution is 7.22. The van der Waals surface area contributed by atoms with Gasteiger partial charge in [0.05, 0.1) is 10.2 Å². The first-order valence-electron chi connectivity index (χ1n) is 8.45. The summed E-state index contributed by atoms with van der Waals surface area (Å²) in [5.74, 6) is 0.232. The van der Waals surface area contributed by atoms with Crippen molar-refractivity contribution >= 4 is 32.7 Å². The summed E-state index contributed by atoms with van der Waals surface area (Å²) in [5.41, 5.74) is 1.49. The largest absolute Gasteiger partial charge is 0.439 e. The van der Waals surface area contributed by atoms with E-state index >= 15 is 0 Å². The Hall–Kier alpha value is -3.52. The van der Waals surface area contributed by atoms with E-state index in [9.17, 15) is 9.18 Å². The number of carbonyl (C=O) groups excluding carboxylic acids is 1. The van der Waals surface area contributed by atoms with E-state index in [1.54, 1.807) is 30.5 Å². The van der Waals surface area contributed by atoms with Crippen molar-refractivity contribution in [1.82, 2.24) is 15.3 Å². The van der Waals surface area contributed by atoms with Crippen LogP contribution in [0, 0.1) is 5.82 Å². The SMILES string of the molecule is O=C(NCc1cccnc1Oc1cccc(F)c1)Nc1nc2ccccc2s1. The fourth-order valence-electron chi connectivity index (χ4n) is 2.54. The number of ether oxygens (including phenoxy) is 1. The number of halogens is 1. The second kappa shape index (κ2) is 8.01. The Balaban J connectivity index is 1.41. The number of amides is 2. The zero-order valence-electron chi connectivity index (χ0n) is 14.6. The maximum Gasteiger partial charge on any atom is 0.321 e. The molecule has 0 fully saturated rings. The molecule has 0 aliphatic carbocycles. The summed E-state index contributed by atoms with van der Waals surface area (Å²) in [4.78, 5) is 20.7. The van der Waals surface area contributed by atoms with Crippen molar-refractivity contribution in [2.45, 2.75) is 6.54 Å². The van der Waals surface area contributed by atoms with E-state index in [-0.39, 0.29) is 12.6 Å². The summed E-state index contributed by atoms with van der Waals surface area (Å²) < 4.78 is 20.0. The summed E-state index contributed by atoms with van der Waals surface area (Å²) in [6.07, 6.45) is 1.57. The second-order valence-corrected chi connectivity index (χ2v) is 6.85. The van der Waals surface area contributed by atoms with Gasteiger partial charge in [0.25, 0.3) is 0 Å². The zero-order valence-corrected chi connectivity index (χ0v) is 15.4. The van der Waals surface area contributed by atoms with Crippen LogP contribution in [0.2, 0.25) is 0 Å². The highest BCUT2D eigenvalue weighted by atomic mass is 32.1. The average molecular weight is 394 g/mol. The summed E-state index contributed by atoms with van der Waals surface area (Å²) >= 11 is 1.40. The van der Waals surface area contributed by atoms with Gasteiger partial charge in [-0.15, -0.1) is 0 Å². The van der Waals surface area contributed by atoms with E-state index in [0.717, 1.165) is 10.2 Å². The number of pyridine rings is 1. The van der Waals surface area contributed by atoms with Crippen molar-refractivity contribution in [3.8, 4) is 11.6 Å². The molecule has 2 N–H and O–H groups in total. The molecule has 0 radical (unpaired) electrons. The molecule has 2 heterocycles. The number of aromatic nitrogens is 2. The van der Waals surface area contributed by atoms with E-state index in [2.05, 4.69) is 20.6 Å². The maximum absolute atomic E-state index is 13.3. The smallest absolute Gasteiger partial charge is 0.321 e. The highest BCUT2D eigenvalue weighted by Crippen LogP contribution is 2.26. The first-order chi connectivity index (χ1) is 13.7. The van der Waals surface area contributed by atoms with Crippen LogP contribution in [0.5, 0.6) is 11.6 Å². The molecule has 2 aromatic heterocycles. The van der Waals surface area contributed by atoms with E-state index in [1.165, 1.54) is 23.5 Å². The van der Waals surface area contributed by atoms with Crippen LogP contribution in [-0.2, 0) is 6.54 Å². The third-order valence-electron chi connectivity index (χ3n) is 3.81. The number of fused-ring (bicyclic) bond motifs is 1. The number of thiazole rings is 1. The molecular weight excluding hydrogens is 379 g/mol.